The van der Waals surface area contributed by atoms with Crippen LogP contribution in [0.15, 0.2) is 17.7 Å². The zero-order valence-corrected chi connectivity index (χ0v) is 14.7. The molecule has 2 heterocycles. The molecule has 0 saturated carbocycles. The van der Waals surface area contributed by atoms with Gasteiger partial charge in [0, 0.05) is 24.1 Å². The largest absolute Gasteiger partial charge is 0.497 e. The number of anilines is 1. The second-order valence-electron chi connectivity index (χ2n) is 7.83. The molecular weight excluding hydrogens is 316 g/mol. The average molecular weight is 336 g/mol. The number of ketones is 1. The molecule has 4 rings (SSSR count). The highest BCUT2D eigenvalue weighted by Crippen LogP contribution is 2.50. The van der Waals surface area contributed by atoms with Crippen LogP contribution in [0.25, 0.3) is 5.57 Å². The normalized spacial score (nSPS) is 23.8. The van der Waals surface area contributed by atoms with E-state index >= 15 is 0 Å². The summed E-state index contributed by atoms with van der Waals surface area (Å²) in [7, 11) is 1.60. The van der Waals surface area contributed by atoms with E-state index in [0.29, 0.717) is 42.7 Å². The number of allylic oxidation sites excluding steroid dienone is 1. The maximum Gasteiger partial charge on any atom is 0.248 e. The molecule has 3 aliphatic rings. The number of nitriles is 1. The summed E-state index contributed by atoms with van der Waals surface area (Å²) < 4.78 is 5.42. The molecule has 0 spiro atoms. The first-order chi connectivity index (χ1) is 11.9. The van der Waals surface area contributed by atoms with E-state index in [1.807, 2.05) is 26.0 Å². The lowest BCUT2D eigenvalue weighted by atomic mass is 9.69. The first kappa shape index (κ1) is 15.9. The lowest BCUT2D eigenvalue weighted by molar-refractivity contribution is -0.119. The molecule has 0 N–H and O–H groups in total. The van der Waals surface area contributed by atoms with Crippen LogP contribution in [0.4, 0.5) is 5.69 Å². The Bertz CT molecular complexity index is 889. The van der Waals surface area contributed by atoms with Crippen molar-refractivity contribution in [2.75, 3.05) is 18.6 Å². The molecule has 0 radical (unpaired) electrons. The summed E-state index contributed by atoms with van der Waals surface area (Å²) in [5, 5.41) is 9.72. The van der Waals surface area contributed by atoms with Gasteiger partial charge in [-0.15, -0.1) is 0 Å². The number of amides is 1. The van der Waals surface area contributed by atoms with Crippen LogP contribution < -0.4 is 9.64 Å². The molecule has 2 aliphatic heterocycles. The summed E-state index contributed by atoms with van der Waals surface area (Å²) in [6, 6.07) is 5.94. The third kappa shape index (κ3) is 2.21. The highest BCUT2D eigenvalue weighted by atomic mass is 16.5. The minimum absolute atomic E-state index is 0.0171. The second kappa shape index (κ2) is 5.19. The zero-order chi connectivity index (χ0) is 17.9. The van der Waals surface area contributed by atoms with Gasteiger partial charge in [-0.2, -0.15) is 5.26 Å². The lowest BCUT2D eigenvalue weighted by Gasteiger charge is -2.33. The van der Waals surface area contributed by atoms with E-state index < -0.39 is 5.92 Å². The van der Waals surface area contributed by atoms with Gasteiger partial charge in [0.1, 0.15) is 11.7 Å². The first-order valence-electron chi connectivity index (χ1n) is 8.55. The van der Waals surface area contributed by atoms with E-state index in [2.05, 4.69) is 6.07 Å². The molecule has 25 heavy (non-hydrogen) atoms. The number of hydrogen-bond acceptors (Lipinski definition) is 4. The molecule has 5 nitrogen and oxygen atoms in total. The fraction of sp³-hybridized carbons (Fsp3) is 0.450. The van der Waals surface area contributed by atoms with Crippen LogP contribution >= 0.6 is 0 Å². The number of carbonyl (C=O) groups is 2. The topological polar surface area (TPSA) is 70.4 Å². The van der Waals surface area contributed by atoms with Crippen molar-refractivity contribution in [3.63, 3.8) is 0 Å². The molecule has 1 aromatic carbocycles. The van der Waals surface area contributed by atoms with E-state index in [1.165, 1.54) is 0 Å². The van der Waals surface area contributed by atoms with E-state index in [9.17, 15) is 14.9 Å². The first-order valence-corrected chi connectivity index (χ1v) is 8.55. The van der Waals surface area contributed by atoms with Gasteiger partial charge < -0.3 is 9.64 Å². The number of benzene rings is 1. The van der Waals surface area contributed by atoms with Gasteiger partial charge >= 0.3 is 0 Å². The van der Waals surface area contributed by atoms with Crippen molar-refractivity contribution in [2.45, 2.75) is 33.1 Å². The van der Waals surface area contributed by atoms with Crippen LogP contribution in [0.5, 0.6) is 5.75 Å². The summed E-state index contributed by atoms with van der Waals surface area (Å²) in [5.41, 5.74) is 3.56. The number of rotatable bonds is 1. The summed E-state index contributed by atoms with van der Waals surface area (Å²) in [5.74, 6) is -0.391. The monoisotopic (exact) mass is 336 g/mol. The molecular formula is C20H20N2O3. The number of methoxy groups -OCH3 is 1. The smallest absolute Gasteiger partial charge is 0.248 e. The molecule has 1 aromatic rings. The van der Waals surface area contributed by atoms with Gasteiger partial charge in [0.15, 0.2) is 5.78 Å². The van der Waals surface area contributed by atoms with E-state index in [-0.39, 0.29) is 17.1 Å². The fourth-order valence-corrected chi connectivity index (χ4v) is 4.42. The van der Waals surface area contributed by atoms with E-state index in [4.69, 9.17) is 4.74 Å². The van der Waals surface area contributed by atoms with Gasteiger partial charge in [-0.3, -0.25) is 9.59 Å². The number of carbonyl (C=O) groups excluding carboxylic acids is 2. The predicted molar refractivity (Wildman–Crippen MR) is 93.1 cm³/mol. The number of ether oxygens (including phenoxy) is 1. The summed E-state index contributed by atoms with van der Waals surface area (Å²) in [4.78, 5) is 27.8. The Hall–Kier alpha value is -2.61. The van der Waals surface area contributed by atoms with Crippen LogP contribution in [0.1, 0.15) is 37.8 Å². The van der Waals surface area contributed by atoms with Crippen molar-refractivity contribution >= 4 is 23.0 Å². The van der Waals surface area contributed by atoms with Crippen molar-refractivity contribution in [3.8, 4) is 11.8 Å². The fourth-order valence-electron chi connectivity index (χ4n) is 4.42. The summed E-state index contributed by atoms with van der Waals surface area (Å²) >= 11 is 0. The van der Waals surface area contributed by atoms with Crippen LogP contribution in [0.2, 0.25) is 0 Å². The van der Waals surface area contributed by atoms with E-state index in [0.717, 1.165) is 16.8 Å². The molecule has 0 fully saturated rings. The number of fused-ring (bicyclic) bond motifs is 1. The third-order valence-corrected chi connectivity index (χ3v) is 5.44. The lowest BCUT2D eigenvalue weighted by Crippen LogP contribution is -2.36. The van der Waals surface area contributed by atoms with Crippen LogP contribution in [0, 0.1) is 22.7 Å². The van der Waals surface area contributed by atoms with Gasteiger partial charge in [0.25, 0.3) is 0 Å². The zero-order valence-electron chi connectivity index (χ0n) is 14.7. The second-order valence-corrected chi connectivity index (χ2v) is 7.83. The SMILES string of the molecule is COc1cc2c3c(c1)C1=C(CC(C)(C)CC1=O)C(C#N)C(=O)N3CC2. The van der Waals surface area contributed by atoms with Crippen LogP contribution in [0.3, 0.4) is 0 Å². The van der Waals surface area contributed by atoms with Gasteiger partial charge in [-0.05, 0) is 41.5 Å². The van der Waals surface area contributed by atoms with Crippen molar-refractivity contribution in [1.82, 2.24) is 0 Å². The van der Waals surface area contributed by atoms with Crippen LogP contribution in [-0.2, 0) is 16.0 Å². The third-order valence-electron chi connectivity index (χ3n) is 5.44. The minimum atomic E-state index is -0.886. The van der Waals surface area contributed by atoms with Gasteiger partial charge in [0.2, 0.25) is 5.91 Å². The minimum Gasteiger partial charge on any atom is -0.497 e. The highest BCUT2D eigenvalue weighted by molar-refractivity contribution is 6.27. The Labute approximate surface area is 146 Å². The molecule has 0 saturated heterocycles. The van der Waals surface area contributed by atoms with Gasteiger partial charge in [0.05, 0.1) is 18.9 Å². The Kier molecular flexibility index (Phi) is 3.30. The van der Waals surface area contributed by atoms with Gasteiger partial charge in [-0.1, -0.05) is 13.8 Å². The number of nitrogens with zero attached hydrogens (tertiary/aromatic N) is 2. The Morgan fingerprint density at radius 1 is 1.28 bits per heavy atom. The quantitative estimate of drug-likeness (QED) is 0.790. The number of Topliss-reactive ketones (excluding diaryl/α,β-unsaturated/α-hetero) is 1. The molecule has 1 atom stereocenters. The van der Waals surface area contributed by atoms with Crippen LogP contribution in [-0.4, -0.2) is 25.3 Å². The maximum absolute atomic E-state index is 13.1. The Morgan fingerprint density at radius 3 is 2.72 bits per heavy atom. The Morgan fingerprint density at radius 2 is 2.04 bits per heavy atom. The van der Waals surface area contributed by atoms with Gasteiger partial charge in [-0.25, -0.2) is 0 Å². The molecule has 1 amide bonds. The molecule has 0 aromatic heterocycles. The molecule has 1 aliphatic carbocycles. The van der Waals surface area contributed by atoms with Crippen molar-refractivity contribution in [1.29, 1.82) is 5.26 Å². The average Bonchev–Trinajstić information content (AvgIpc) is 2.93. The Balaban J connectivity index is 2.06. The van der Waals surface area contributed by atoms with Crippen molar-refractivity contribution < 1.29 is 14.3 Å². The molecule has 1 unspecified atom stereocenters. The molecule has 0 bridgehead atoms. The standard InChI is InChI=1S/C20H20N2O3/c1-20(2)8-14-15(10-21)19(24)22-5-4-11-6-12(25-3)7-13(18(11)22)17(14)16(23)9-20/h6-7,15H,4-5,8-9H2,1-3H3. The maximum atomic E-state index is 13.1. The van der Waals surface area contributed by atoms with Crippen molar-refractivity contribution in [2.24, 2.45) is 11.3 Å². The molecule has 128 valence electrons. The van der Waals surface area contributed by atoms with Crippen molar-refractivity contribution in [3.05, 3.63) is 28.8 Å². The number of hydrogen-bond donors (Lipinski definition) is 0. The summed E-state index contributed by atoms with van der Waals surface area (Å²) in [6.07, 6.45) is 1.72. The highest BCUT2D eigenvalue weighted by Gasteiger charge is 2.45. The van der Waals surface area contributed by atoms with E-state index in [1.54, 1.807) is 12.0 Å². The summed E-state index contributed by atoms with van der Waals surface area (Å²) in [6.45, 7) is 4.57. The predicted octanol–water partition coefficient (Wildman–Crippen LogP) is 2.88. The molecule has 5 heteroatoms.